The van der Waals surface area contributed by atoms with Crippen LogP contribution < -0.4 is 4.90 Å². The zero-order valence-electron chi connectivity index (χ0n) is 16.1. The lowest BCUT2D eigenvalue weighted by molar-refractivity contribution is 0.0473. The van der Waals surface area contributed by atoms with Crippen LogP contribution in [0.4, 0.5) is 10.6 Å². The maximum absolute atomic E-state index is 11.8. The van der Waals surface area contributed by atoms with Gasteiger partial charge in [-0.05, 0) is 56.4 Å². The van der Waals surface area contributed by atoms with Gasteiger partial charge in [0, 0.05) is 31.9 Å². The van der Waals surface area contributed by atoms with Crippen LogP contribution in [0.2, 0.25) is 0 Å². The quantitative estimate of drug-likeness (QED) is 0.778. The van der Waals surface area contributed by atoms with E-state index in [-0.39, 0.29) is 11.7 Å². The number of hydrogen-bond donors (Lipinski definition) is 0. The van der Waals surface area contributed by atoms with Crippen LogP contribution in [0.25, 0.3) is 10.9 Å². The summed E-state index contributed by atoms with van der Waals surface area (Å²) in [6.07, 6.45) is 2.59. The number of amides is 1. The zero-order valence-corrected chi connectivity index (χ0v) is 16.1. The fourth-order valence-electron chi connectivity index (χ4n) is 4.29. The van der Waals surface area contributed by atoms with Crippen LogP contribution in [0.15, 0.2) is 18.2 Å². The van der Waals surface area contributed by atoms with Gasteiger partial charge in [-0.25, -0.2) is 9.78 Å². The van der Waals surface area contributed by atoms with Gasteiger partial charge in [-0.2, -0.15) is 0 Å². The molecule has 1 unspecified atom stereocenters. The van der Waals surface area contributed by atoms with Gasteiger partial charge in [-0.3, -0.25) is 0 Å². The second-order valence-electron chi connectivity index (χ2n) is 7.95. The number of hydrogen-bond acceptors (Lipinski definition) is 4. The molecule has 2 aliphatic rings. The minimum absolute atomic E-state index is 0.191. The van der Waals surface area contributed by atoms with Crippen LogP contribution in [0.3, 0.4) is 0 Å². The molecule has 5 heteroatoms. The van der Waals surface area contributed by atoms with Gasteiger partial charge in [-0.1, -0.05) is 12.1 Å². The summed E-state index contributed by atoms with van der Waals surface area (Å²) in [4.78, 5) is 20.9. The van der Waals surface area contributed by atoms with Crippen molar-refractivity contribution in [2.24, 2.45) is 0 Å². The first-order valence-electron chi connectivity index (χ1n) is 9.45. The van der Waals surface area contributed by atoms with E-state index in [0.29, 0.717) is 6.54 Å². The Kier molecular flexibility index (Phi) is 4.05. The molecule has 2 fully saturated rings. The normalized spacial score (nSPS) is 23.6. The van der Waals surface area contributed by atoms with Crippen molar-refractivity contribution < 1.29 is 9.53 Å². The molecule has 0 saturated carbocycles. The monoisotopic (exact) mass is 353 g/mol. The highest BCUT2D eigenvalue weighted by atomic mass is 16.6. The lowest BCUT2D eigenvalue weighted by Crippen LogP contribution is -2.35. The van der Waals surface area contributed by atoms with Crippen LogP contribution in [0, 0.1) is 20.8 Å². The third-order valence-corrected chi connectivity index (χ3v) is 6.06. The number of ether oxygens (including phenoxy) is 1. The molecule has 1 amide bonds. The first-order valence-corrected chi connectivity index (χ1v) is 9.45. The molecule has 1 aromatic carbocycles. The average molecular weight is 353 g/mol. The Hall–Kier alpha value is -2.30. The van der Waals surface area contributed by atoms with Crippen LogP contribution >= 0.6 is 0 Å². The van der Waals surface area contributed by atoms with Crippen molar-refractivity contribution in [3.8, 4) is 0 Å². The van der Waals surface area contributed by atoms with E-state index in [1.807, 2.05) is 7.05 Å². The third-order valence-electron chi connectivity index (χ3n) is 6.06. The highest BCUT2D eigenvalue weighted by Gasteiger charge is 2.44. The molecule has 3 heterocycles. The molecule has 4 rings (SSSR count). The Morgan fingerprint density at radius 2 is 1.92 bits per heavy atom. The summed E-state index contributed by atoms with van der Waals surface area (Å²) in [6, 6.07) is 6.55. The van der Waals surface area contributed by atoms with Gasteiger partial charge in [0.1, 0.15) is 11.4 Å². The van der Waals surface area contributed by atoms with Crippen molar-refractivity contribution >= 4 is 22.8 Å². The molecule has 2 saturated heterocycles. The summed E-state index contributed by atoms with van der Waals surface area (Å²) in [5.41, 5.74) is 4.58. The number of aromatic nitrogens is 1. The number of anilines is 1. The number of carbonyl (C=O) groups is 1. The van der Waals surface area contributed by atoms with E-state index in [2.05, 4.69) is 43.9 Å². The zero-order chi connectivity index (χ0) is 18.5. The smallest absolute Gasteiger partial charge is 0.410 e. The Morgan fingerprint density at radius 3 is 2.65 bits per heavy atom. The van der Waals surface area contributed by atoms with Gasteiger partial charge in [0.25, 0.3) is 0 Å². The topological polar surface area (TPSA) is 45.7 Å². The Labute approximate surface area is 154 Å². The van der Waals surface area contributed by atoms with Crippen molar-refractivity contribution in [1.82, 2.24) is 9.88 Å². The molecular weight excluding hydrogens is 326 g/mol. The third kappa shape index (κ3) is 2.79. The minimum Gasteiger partial charge on any atom is -0.441 e. The average Bonchev–Trinajstić information content (AvgIpc) is 2.76. The maximum atomic E-state index is 11.8. The predicted molar refractivity (Wildman–Crippen MR) is 104 cm³/mol. The highest BCUT2D eigenvalue weighted by Crippen LogP contribution is 2.34. The van der Waals surface area contributed by atoms with Gasteiger partial charge in [0.15, 0.2) is 0 Å². The van der Waals surface area contributed by atoms with Crippen LogP contribution in [-0.2, 0) is 4.74 Å². The molecule has 0 radical (unpaired) electrons. The molecule has 1 spiro atoms. The fraction of sp³-hybridized carbons (Fsp3) is 0.524. The first kappa shape index (κ1) is 17.1. The highest BCUT2D eigenvalue weighted by molar-refractivity contribution is 5.87. The summed E-state index contributed by atoms with van der Waals surface area (Å²) < 4.78 is 5.73. The van der Waals surface area contributed by atoms with Crippen LogP contribution in [0.5, 0.6) is 0 Å². The summed E-state index contributed by atoms with van der Waals surface area (Å²) in [5.74, 6) is 1.04. The van der Waals surface area contributed by atoms with Crippen LogP contribution in [0.1, 0.15) is 36.0 Å². The van der Waals surface area contributed by atoms with Crippen molar-refractivity contribution in [3.05, 3.63) is 34.9 Å². The molecule has 2 aliphatic heterocycles. The lowest BCUT2D eigenvalue weighted by Gasteiger charge is -2.26. The largest absolute Gasteiger partial charge is 0.441 e. The predicted octanol–water partition coefficient (Wildman–Crippen LogP) is 3.97. The van der Waals surface area contributed by atoms with Gasteiger partial charge in [0.05, 0.1) is 12.1 Å². The van der Waals surface area contributed by atoms with Crippen molar-refractivity contribution in [2.75, 3.05) is 31.6 Å². The lowest BCUT2D eigenvalue weighted by atomic mass is 9.95. The number of likely N-dealkylation sites (N-methyl/N-ethyl adjacent to an activating group) is 1. The molecule has 0 N–H and O–H groups in total. The second kappa shape index (κ2) is 6.15. The van der Waals surface area contributed by atoms with E-state index in [4.69, 9.17) is 9.72 Å². The maximum Gasteiger partial charge on any atom is 0.410 e. The standard InChI is InChI=1S/C21H27N3O2/c1-14-6-7-17-15(2)12-18(22-19(17)16(14)3)24-10-5-8-21(9-11-24)13-23(4)20(25)26-21/h6-7,12H,5,8-11,13H2,1-4H3. The molecule has 0 bridgehead atoms. The van der Waals surface area contributed by atoms with Crippen molar-refractivity contribution in [1.29, 1.82) is 0 Å². The van der Waals surface area contributed by atoms with Crippen molar-refractivity contribution in [3.63, 3.8) is 0 Å². The number of fused-ring (bicyclic) bond motifs is 1. The molecule has 2 aromatic rings. The van der Waals surface area contributed by atoms with E-state index in [9.17, 15) is 4.79 Å². The van der Waals surface area contributed by atoms with E-state index < -0.39 is 0 Å². The first-order chi connectivity index (χ1) is 12.4. The van der Waals surface area contributed by atoms with Gasteiger partial charge in [0.2, 0.25) is 0 Å². The number of benzene rings is 1. The Bertz CT molecular complexity index is 879. The van der Waals surface area contributed by atoms with Gasteiger partial charge < -0.3 is 14.5 Å². The number of nitrogens with zero attached hydrogens (tertiary/aromatic N) is 3. The van der Waals surface area contributed by atoms with E-state index in [1.165, 1.54) is 22.1 Å². The van der Waals surface area contributed by atoms with Crippen LogP contribution in [-0.4, -0.2) is 48.3 Å². The molecule has 0 aliphatic carbocycles. The van der Waals surface area contributed by atoms with E-state index in [0.717, 1.165) is 43.7 Å². The molecule has 1 atom stereocenters. The number of pyridine rings is 1. The second-order valence-corrected chi connectivity index (χ2v) is 7.95. The molecular formula is C21H27N3O2. The summed E-state index contributed by atoms with van der Waals surface area (Å²) >= 11 is 0. The molecule has 138 valence electrons. The number of carbonyl (C=O) groups excluding carboxylic acids is 1. The SMILES string of the molecule is Cc1ccc2c(C)cc(N3CCCC4(CC3)CN(C)C(=O)O4)nc2c1C. The number of aryl methyl sites for hydroxylation is 3. The number of rotatable bonds is 1. The van der Waals surface area contributed by atoms with Gasteiger partial charge in [-0.15, -0.1) is 0 Å². The minimum atomic E-state index is -0.320. The molecule has 5 nitrogen and oxygen atoms in total. The summed E-state index contributed by atoms with van der Waals surface area (Å²) in [7, 11) is 1.82. The fourth-order valence-corrected chi connectivity index (χ4v) is 4.29. The Morgan fingerprint density at radius 1 is 1.12 bits per heavy atom. The van der Waals surface area contributed by atoms with E-state index in [1.54, 1.807) is 4.90 Å². The van der Waals surface area contributed by atoms with Gasteiger partial charge >= 0.3 is 6.09 Å². The molecule has 26 heavy (non-hydrogen) atoms. The molecule has 1 aromatic heterocycles. The Balaban J connectivity index is 1.64. The summed E-state index contributed by atoms with van der Waals surface area (Å²) in [5, 5.41) is 1.23. The van der Waals surface area contributed by atoms with E-state index >= 15 is 0 Å². The van der Waals surface area contributed by atoms with Crippen molar-refractivity contribution in [2.45, 2.75) is 45.6 Å². The summed E-state index contributed by atoms with van der Waals surface area (Å²) in [6.45, 7) is 8.96.